The van der Waals surface area contributed by atoms with Crippen LogP contribution in [-0.4, -0.2) is 49.4 Å². The van der Waals surface area contributed by atoms with Gasteiger partial charge in [-0.15, -0.1) is 0 Å². The first-order valence-corrected chi connectivity index (χ1v) is 12.7. The molecule has 0 saturated carbocycles. The monoisotopic (exact) mass is 478 g/mol. The topological polar surface area (TPSA) is 91.0 Å². The Morgan fingerprint density at radius 3 is 2.47 bits per heavy atom. The summed E-state index contributed by atoms with van der Waals surface area (Å²) in [5, 5.41) is 5.94. The third-order valence-corrected chi connectivity index (χ3v) is 7.99. The van der Waals surface area contributed by atoms with E-state index in [1.165, 1.54) is 4.31 Å². The van der Waals surface area contributed by atoms with Gasteiger partial charge in [0.2, 0.25) is 10.0 Å². The zero-order valence-corrected chi connectivity index (χ0v) is 19.4. The molecule has 0 unspecified atom stereocenters. The van der Waals surface area contributed by atoms with E-state index in [1.807, 2.05) is 36.8 Å². The van der Waals surface area contributed by atoms with E-state index in [9.17, 15) is 13.2 Å². The summed E-state index contributed by atoms with van der Waals surface area (Å²) in [6, 6.07) is 15.6. The average molecular weight is 479 g/mol. The first kappa shape index (κ1) is 22.2. The smallest absolute Gasteiger partial charge is 0.326 e. The Bertz CT molecular complexity index is 1250. The lowest BCUT2D eigenvalue weighted by Crippen LogP contribution is -2.41. The summed E-state index contributed by atoms with van der Waals surface area (Å²) in [5.41, 5.74) is 2.78. The number of amides is 2. The molecule has 8 nitrogen and oxygen atoms in total. The van der Waals surface area contributed by atoms with Crippen LogP contribution in [0.25, 0.3) is 0 Å². The summed E-state index contributed by atoms with van der Waals surface area (Å²) in [7, 11) is -3.47. The van der Waals surface area contributed by atoms with Crippen molar-refractivity contribution in [1.82, 2.24) is 14.5 Å². The fourth-order valence-electron chi connectivity index (χ4n) is 4.20. The molecule has 9 heteroatoms. The SMILES string of the molecule is O=C(Nc1ccc(OC2CCN(S(=O)(=O)c3ccccc3)CC2)cc1)N1C=C2C=CNC=C2C1. The van der Waals surface area contributed by atoms with Crippen molar-refractivity contribution in [3.63, 3.8) is 0 Å². The van der Waals surface area contributed by atoms with Crippen molar-refractivity contribution >= 4 is 21.7 Å². The van der Waals surface area contributed by atoms with Crippen LogP contribution in [0, 0.1) is 0 Å². The number of nitrogens with one attached hydrogen (secondary N) is 2. The van der Waals surface area contributed by atoms with Crippen LogP contribution in [0.3, 0.4) is 0 Å². The number of nitrogens with zero attached hydrogens (tertiary/aromatic N) is 2. The lowest BCUT2D eigenvalue weighted by molar-refractivity contribution is 0.135. The molecule has 5 rings (SSSR count). The molecule has 1 fully saturated rings. The van der Waals surface area contributed by atoms with E-state index < -0.39 is 10.0 Å². The maximum Gasteiger partial charge on any atom is 0.326 e. The van der Waals surface area contributed by atoms with Gasteiger partial charge >= 0.3 is 6.03 Å². The summed E-state index contributed by atoms with van der Waals surface area (Å²) in [6.45, 7) is 1.36. The summed E-state index contributed by atoms with van der Waals surface area (Å²) in [5.74, 6) is 0.693. The van der Waals surface area contributed by atoms with E-state index >= 15 is 0 Å². The number of hydrogen-bond donors (Lipinski definition) is 2. The standard InChI is InChI=1S/C25H26N4O4S/c30-25(28-17-19-10-13-26-16-20(19)18-28)27-21-6-8-22(9-7-21)33-23-11-14-29(15-12-23)34(31,32)24-4-2-1-3-5-24/h1-10,13,16-17,23,26H,11-12,14-15,18H2,(H,27,30). The number of anilines is 1. The summed E-state index contributed by atoms with van der Waals surface area (Å²) >= 11 is 0. The molecule has 0 aromatic heterocycles. The average Bonchev–Trinajstić information content (AvgIpc) is 3.31. The van der Waals surface area contributed by atoms with E-state index in [4.69, 9.17) is 4.74 Å². The van der Waals surface area contributed by atoms with Gasteiger partial charge in [-0.3, -0.25) is 4.90 Å². The molecule has 0 radical (unpaired) electrons. The quantitative estimate of drug-likeness (QED) is 0.685. The molecule has 2 N–H and O–H groups in total. The van der Waals surface area contributed by atoms with Crippen molar-refractivity contribution < 1.29 is 17.9 Å². The number of dihydropyridines is 1. The largest absolute Gasteiger partial charge is 0.490 e. The first-order chi connectivity index (χ1) is 16.5. The Labute approximate surface area is 199 Å². The Morgan fingerprint density at radius 1 is 1.03 bits per heavy atom. The van der Waals surface area contributed by atoms with Gasteiger partial charge < -0.3 is 15.4 Å². The van der Waals surface area contributed by atoms with Crippen LogP contribution in [0.15, 0.2) is 95.3 Å². The van der Waals surface area contributed by atoms with Crippen molar-refractivity contribution in [2.24, 2.45) is 0 Å². The van der Waals surface area contributed by atoms with Crippen molar-refractivity contribution in [3.8, 4) is 5.75 Å². The second-order valence-corrected chi connectivity index (χ2v) is 10.3. The number of fused-ring (bicyclic) bond motifs is 1. The third kappa shape index (κ3) is 4.71. The van der Waals surface area contributed by atoms with Crippen LogP contribution in [0.2, 0.25) is 0 Å². The Balaban J connectivity index is 1.13. The number of hydrogen-bond acceptors (Lipinski definition) is 5. The van der Waals surface area contributed by atoms with Crippen LogP contribution in [0.1, 0.15) is 12.8 Å². The molecular weight excluding hydrogens is 452 g/mol. The molecular formula is C25H26N4O4S. The summed E-state index contributed by atoms with van der Waals surface area (Å²) < 4.78 is 33.2. The summed E-state index contributed by atoms with van der Waals surface area (Å²) in [4.78, 5) is 14.5. The molecule has 34 heavy (non-hydrogen) atoms. The zero-order valence-electron chi connectivity index (χ0n) is 18.6. The second kappa shape index (κ2) is 9.36. The highest BCUT2D eigenvalue weighted by Gasteiger charge is 2.30. The van der Waals surface area contributed by atoms with E-state index in [1.54, 1.807) is 47.4 Å². The van der Waals surface area contributed by atoms with Gasteiger partial charge in [0.15, 0.2) is 0 Å². The van der Waals surface area contributed by atoms with Crippen molar-refractivity contribution in [3.05, 3.63) is 90.4 Å². The van der Waals surface area contributed by atoms with Crippen LogP contribution in [-0.2, 0) is 10.0 Å². The molecule has 3 aliphatic heterocycles. The number of sulfonamides is 1. The van der Waals surface area contributed by atoms with Gasteiger partial charge in [-0.25, -0.2) is 13.2 Å². The third-order valence-electron chi connectivity index (χ3n) is 6.07. The minimum atomic E-state index is -3.47. The van der Waals surface area contributed by atoms with Gasteiger partial charge in [0.05, 0.1) is 11.4 Å². The number of benzene rings is 2. The molecule has 2 aromatic rings. The number of rotatable bonds is 5. The van der Waals surface area contributed by atoms with Gasteiger partial charge in [0, 0.05) is 37.4 Å². The van der Waals surface area contributed by atoms with Crippen LogP contribution < -0.4 is 15.4 Å². The molecule has 176 valence electrons. The maximum absolute atomic E-state index is 12.8. The molecule has 2 amide bonds. The Morgan fingerprint density at radius 2 is 1.76 bits per heavy atom. The molecule has 3 heterocycles. The molecule has 0 aliphatic carbocycles. The van der Waals surface area contributed by atoms with Gasteiger partial charge in [0.1, 0.15) is 11.9 Å². The number of piperidine rings is 1. The summed E-state index contributed by atoms with van der Waals surface area (Å²) in [6.07, 6.45) is 8.68. The molecule has 0 spiro atoms. The minimum Gasteiger partial charge on any atom is -0.490 e. The highest BCUT2D eigenvalue weighted by Crippen LogP contribution is 2.26. The van der Waals surface area contributed by atoms with Crippen molar-refractivity contribution in [2.45, 2.75) is 23.8 Å². The second-order valence-electron chi connectivity index (χ2n) is 8.37. The Kier molecular flexibility index (Phi) is 6.12. The molecule has 2 aromatic carbocycles. The van der Waals surface area contributed by atoms with Crippen molar-refractivity contribution in [1.29, 1.82) is 0 Å². The fraction of sp³-hybridized carbons (Fsp3) is 0.240. The predicted molar refractivity (Wildman–Crippen MR) is 129 cm³/mol. The van der Waals surface area contributed by atoms with Gasteiger partial charge in [-0.05, 0) is 66.5 Å². The highest BCUT2D eigenvalue weighted by atomic mass is 32.2. The number of allylic oxidation sites excluding steroid dienone is 1. The predicted octanol–water partition coefficient (Wildman–Crippen LogP) is 3.65. The number of carbonyl (C=O) groups excluding carboxylic acids is 1. The van der Waals surface area contributed by atoms with Crippen LogP contribution in [0.5, 0.6) is 5.75 Å². The molecule has 1 saturated heterocycles. The van der Waals surface area contributed by atoms with E-state index in [0.717, 1.165) is 11.1 Å². The lowest BCUT2D eigenvalue weighted by atomic mass is 10.1. The minimum absolute atomic E-state index is 0.0582. The lowest BCUT2D eigenvalue weighted by Gasteiger charge is -2.31. The van der Waals surface area contributed by atoms with Crippen LogP contribution in [0.4, 0.5) is 10.5 Å². The normalized spacial score (nSPS) is 18.5. The number of urea groups is 1. The maximum atomic E-state index is 12.8. The van der Waals surface area contributed by atoms with Crippen molar-refractivity contribution in [2.75, 3.05) is 25.0 Å². The molecule has 0 atom stereocenters. The van der Waals surface area contributed by atoms with E-state index in [0.29, 0.717) is 48.8 Å². The number of ether oxygens (including phenoxy) is 1. The van der Waals surface area contributed by atoms with E-state index in [-0.39, 0.29) is 12.1 Å². The zero-order chi connectivity index (χ0) is 23.5. The van der Waals surface area contributed by atoms with Gasteiger partial charge in [0.25, 0.3) is 0 Å². The van der Waals surface area contributed by atoms with Gasteiger partial charge in [-0.2, -0.15) is 4.31 Å². The Hall–Kier alpha value is -3.56. The first-order valence-electron chi connectivity index (χ1n) is 11.2. The highest BCUT2D eigenvalue weighted by molar-refractivity contribution is 7.89. The molecule has 3 aliphatic rings. The van der Waals surface area contributed by atoms with Crippen LogP contribution >= 0.6 is 0 Å². The fourth-order valence-corrected chi connectivity index (χ4v) is 5.69. The van der Waals surface area contributed by atoms with E-state index in [2.05, 4.69) is 10.6 Å². The van der Waals surface area contributed by atoms with Gasteiger partial charge in [-0.1, -0.05) is 18.2 Å². The molecule has 0 bridgehead atoms. The number of carbonyl (C=O) groups is 1.